The highest BCUT2D eigenvalue weighted by molar-refractivity contribution is 7.25. The highest BCUT2D eigenvalue weighted by atomic mass is 32.1. The van der Waals surface area contributed by atoms with E-state index in [4.69, 9.17) is 0 Å². The van der Waals surface area contributed by atoms with Crippen molar-refractivity contribution in [2.24, 2.45) is 0 Å². The van der Waals surface area contributed by atoms with Crippen molar-refractivity contribution in [1.29, 1.82) is 0 Å². The first-order valence-electron chi connectivity index (χ1n) is 13.6. The van der Waals surface area contributed by atoms with Crippen LogP contribution in [0.25, 0.3) is 64.0 Å². The smallest absolute Gasteiger partial charge is 0.0398 e. The van der Waals surface area contributed by atoms with Crippen LogP contribution in [-0.4, -0.2) is 0 Å². The number of hydrogen-bond donors (Lipinski definition) is 1. The number of fused-ring (bicyclic) bond motifs is 5. The number of rotatable bonds is 4. The first-order valence-corrected chi connectivity index (χ1v) is 14.4. The van der Waals surface area contributed by atoms with E-state index in [0.717, 1.165) is 11.4 Å². The lowest BCUT2D eigenvalue weighted by molar-refractivity contribution is 1.56. The van der Waals surface area contributed by atoms with Crippen LogP contribution in [0.3, 0.4) is 0 Å². The van der Waals surface area contributed by atoms with Gasteiger partial charge < -0.3 is 5.32 Å². The summed E-state index contributed by atoms with van der Waals surface area (Å²) in [4.78, 5) is 0. The maximum atomic E-state index is 3.59. The van der Waals surface area contributed by atoms with Gasteiger partial charge in [0.2, 0.25) is 0 Å². The van der Waals surface area contributed by atoms with Crippen molar-refractivity contribution in [1.82, 2.24) is 0 Å². The van der Waals surface area contributed by atoms with Crippen LogP contribution in [0.5, 0.6) is 0 Å². The highest BCUT2D eigenvalue weighted by Crippen LogP contribution is 2.36. The van der Waals surface area contributed by atoms with E-state index >= 15 is 0 Å². The highest BCUT2D eigenvalue weighted by Gasteiger charge is 2.07. The summed E-state index contributed by atoms with van der Waals surface area (Å²) in [6.07, 6.45) is 0. The summed E-state index contributed by atoms with van der Waals surface area (Å²) in [6, 6.07) is 52.8. The first-order chi connectivity index (χ1) is 19.8. The van der Waals surface area contributed by atoms with Gasteiger partial charge in [0, 0.05) is 31.5 Å². The SMILES string of the molecule is c1ccc2cc(-c3ccc4ccc(-c5ccc(Nc6ccc7c(c6)sc6ccccc67)cc5)cc4c3)ccc2c1. The fourth-order valence-electron chi connectivity index (χ4n) is 5.69. The fraction of sp³-hybridized carbons (Fsp3) is 0. The summed E-state index contributed by atoms with van der Waals surface area (Å²) in [5, 5.41) is 11.3. The van der Waals surface area contributed by atoms with Crippen molar-refractivity contribution in [3.8, 4) is 22.3 Å². The summed E-state index contributed by atoms with van der Waals surface area (Å²) in [5.74, 6) is 0. The van der Waals surface area contributed by atoms with Crippen molar-refractivity contribution in [3.05, 3.63) is 146 Å². The molecule has 0 fully saturated rings. The molecule has 0 spiro atoms. The maximum Gasteiger partial charge on any atom is 0.0398 e. The van der Waals surface area contributed by atoms with Gasteiger partial charge in [0.15, 0.2) is 0 Å². The monoisotopic (exact) mass is 527 g/mol. The minimum absolute atomic E-state index is 1.09. The Morgan fingerprint density at radius 2 is 0.900 bits per heavy atom. The Kier molecular flexibility index (Phi) is 5.39. The predicted octanol–water partition coefficient (Wildman–Crippen LogP) is 11.4. The Balaban J connectivity index is 1.07. The topological polar surface area (TPSA) is 12.0 Å². The predicted molar refractivity (Wildman–Crippen MR) is 175 cm³/mol. The van der Waals surface area contributed by atoms with E-state index in [0.29, 0.717) is 0 Å². The summed E-state index contributed by atoms with van der Waals surface area (Å²) in [6.45, 7) is 0. The quantitative estimate of drug-likeness (QED) is 0.240. The van der Waals surface area contributed by atoms with Crippen molar-refractivity contribution in [3.63, 3.8) is 0 Å². The van der Waals surface area contributed by atoms with Crippen LogP contribution in [0, 0.1) is 0 Å². The molecule has 8 rings (SSSR count). The zero-order valence-corrected chi connectivity index (χ0v) is 22.6. The summed E-state index contributed by atoms with van der Waals surface area (Å²) in [5.41, 5.74) is 7.12. The molecule has 1 N–H and O–H groups in total. The van der Waals surface area contributed by atoms with Crippen LogP contribution in [0.4, 0.5) is 11.4 Å². The van der Waals surface area contributed by atoms with E-state index in [2.05, 4.69) is 151 Å². The van der Waals surface area contributed by atoms with Crippen LogP contribution in [-0.2, 0) is 0 Å². The molecule has 0 saturated carbocycles. The van der Waals surface area contributed by atoms with Gasteiger partial charge in [-0.15, -0.1) is 11.3 Å². The zero-order valence-electron chi connectivity index (χ0n) is 21.8. The minimum Gasteiger partial charge on any atom is -0.355 e. The molecule has 0 aliphatic heterocycles. The molecule has 40 heavy (non-hydrogen) atoms. The fourth-order valence-corrected chi connectivity index (χ4v) is 6.84. The number of anilines is 2. The lowest BCUT2D eigenvalue weighted by Crippen LogP contribution is -1.89. The molecule has 8 aromatic rings. The Morgan fingerprint density at radius 3 is 1.68 bits per heavy atom. The largest absolute Gasteiger partial charge is 0.355 e. The Morgan fingerprint density at radius 1 is 0.350 bits per heavy atom. The van der Waals surface area contributed by atoms with Gasteiger partial charge in [-0.3, -0.25) is 0 Å². The second kappa shape index (κ2) is 9.37. The Hall–Kier alpha value is -4.92. The molecular formula is C38H25NS. The summed E-state index contributed by atoms with van der Waals surface area (Å²) in [7, 11) is 0. The first kappa shape index (κ1) is 23.0. The molecule has 0 bridgehead atoms. The van der Waals surface area contributed by atoms with Gasteiger partial charge >= 0.3 is 0 Å². The molecule has 188 valence electrons. The molecule has 0 unspecified atom stereocenters. The molecular weight excluding hydrogens is 502 g/mol. The molecule has 0 atom stereocenters. The number of benzene rings is 7. The van der Waals surface area contributed by atoms with E-state index in [-0.39, 0.29) is 0 Å². The second-order valence-electron chi connectivity index (χ2n) is 10.4. The standard InChI is InChI=1S/C38H25NS/c1-2-6-28-21-30(13-9-25(28)5-1)31-14-11-27-10-12-29(22-32(27)23-31)26-15-17-33(18-16-26)39-34-19-20-36-35-7-3-4-8-37(35)40-38(36)24-34/h1-24,39H. The molecule has 1 nitrogen and oxygen atoms in total. The molecule has 0 amide bonds. The van der Waals surface area contributed by atoms with Crippen molar-refractivity contribution < 1.29 is 0 Å². The molecule has 0 aliphatic rings. The lowest BCUT2D eigenvalue weighted by atomic mass is 9.96. The van der Waals surface area contributed by atoms with E-state index in [1.54, 1.807) is 0 Å². The van der Waals surface area contributed by atoms with Gasteiger partial charge in [-0.25, -0.2) is 0 Å². The molecule has 0 radical (unpaired) electrons. The van der Waals surface area contributed by atoms with Crippen LogP contribution >= 0.6 is 11.3 Å². The zero-order chi connectivity index (χ0) is 26.5. The van der Waals surface area contributed by atoms with Crippen molar-refractivity contribution >= 4 is 64.4 Å². The van der Waals surface area contributed by atoms with Crippen LogP contribution in [0.2, 0.25) is 0 Å². The number of hydrogen-bond acceptors (Lipinski definition) is 2. The van der Waals surface area contributed by atoms with Gasteiger partial charge in [0.25, 0.3) is 0 Å². The third-order valence-electron chi connectivity index (χ3n) is 7.81. The van der Waals surface area contributed by atoms with Gasteiger partial charge in [0.05, 0.1) is 0 Å². The Labute approximate surface area is 237 Å². The minimum atomic E-state index is 1.09. The average Bonchev–Trinajstić information content (AvgIpc) is 3.38. The molecule has 1 heterocycles. The van der Waals surface area contributed by atoms with E-state index in [1.807, 2.05) is 11.3 Å². The molecule has 0 saturated heterocycles. The van der Waals surface area contributed by atoms with E-state index in [9.17, 15) is 0 Å². The molecule has 0 aliphatic carbocycles. The molecule has 2 heteroatoms. The third-order valence-corrected chi connectivity index (χ3v) is 8.94. The Bertz CT molecular complexity index is 2190. The number of nitrogens with one attached hydrogen (secondary N) is 1. The van der Waals surface area contributed by atoms with Gasteiger partial charge in [-0.1, -0.05) is 97.1 Å². The van der Waals surface area contributed by atoms with Crippen LogP contribution < -0.4 is 5.32 Å². The van der Waals surface area contributed by atoms with Gasteiger partial charge in [0.1, 0.15) is 0 Å². The number of thiophene rings is 1. The van der Waals surface area contributed by atoms with Crippen LogP contribution in [0.1, 0.15) is 0 Å². The summed E-state index contributed by atoms with van der Waals surface area (Å²) >= 11 is 1.85. The lowest BCUT2D eigenvalue weighted by Gasteiger charge is -2.10. The molecule has 7 aromatic carbocycles. The van der Waals surface area contributed by atoms with Gasteiger partial charge in [-0.2, -0.15) is 0 Å². The third kappa shape index (κ3) is 4.10. The molecule has 1 aromatic heterocycles. The van der Waals surface area contributed by atoms with Gasteiger partial charge in [-0.05, 0) is 92.3 Å². The van der Waals surface area contributed by atoms with E-state index < -0.39 is 0 Å². The summed E-state index contributed by atoms with van der Waals surface area (Å²) < 4.78 is 2.64. The van der Waals surface area contributed by atoms with Crippen LogP contribution in [0.15, 0.2) is 146 Å². The maximum absolute atomic E-state index is 3.59. The van der Waals surface area contributed by atoms with Crippen molar-refractivity contribution in [2.75, 3.05) is 5.32 Å². The van der Waals surface area contributed by atoms with E-state index in [1.165, 1.54) is 64.0 Å². The van der Waals surface area contributed by atoms with Crippen molar-refractivity contribution in [2.45, 2.75) is 0 Å². The average molecular weight is 528 g/mol. The normalized spacial score (nSPS) is 11.5. The second-order valence-corrected chi connectivity index (χ2v) is 11.4.